The molecule has 0 radical (unpaired) electrons. The summed E-state index contributed by atoms with van der Waals surface area (Å²) in [7, 11) is -3.74. The van der Waals surface area contributed by atoms with E-state index in [0.29, 0.717) is 16.8 Å². The second-order valence-electron chi connectivity index (χ2n) is 4.73. The van der Waals surface area contributed by atoms with Crippen LogP contribution in [0.25, 0.3) is 11.1 Å². The van der Waals surface area contributed by atoms with E-state index in [9.17, 15) is 8.42 Å². The SMILES string of the molecule is C/C(=N\NS(=O)(=O)c1ccc(Br)cc1)c1nc2ccccc2o1. The zero-order chi connectivity index (χ0) is 16.4. The third-order valence-electron chi connectivity index (χ3n) is 3.06. The maximum Gasteiger partial charge on any atom is 0.276 e. The van der Waals surface area contributed by atoms with E-state index in [-0.39, 0.29) is 10.8 Å². The molecule has 3 rings (SSSR count). The first kappa shape index (κ1) is 15.7. The van der Waals surface area contributed by atoms with Crippen molar-refractivity contribution in [3.8, 4) is 0 Å². The molecular weight excluding hydrogens is 382 g/mol. The topological polar surface area (TPSA) is 84.6 Å². The Hall–Kier alpha value is -2.19. The lowest BCUT2D eigenvalue weighted by atomic mass is 10.3. The van der Waals surface area contributed by atoms with Crippen LogP contribution in [-0.2, 0) is 10.0 Å². The van der Waals surface area contributed by atoms with Crippen molar-refractivity contribution in [2.75, 3.05) is 0 Å². The van der Waals surface area contributed by atoms with Crippen molar-refractivity contribution in [1.82, 2.24) is 9.82 Å². The van der Waals surface area contributed by atoms with E-state index in [2.05, 4.69) is 30.8 Å². The Bertz CT molecular complexity index is 946. The number of para-hydroxylation sites is 2. The van der Waals surface area contributed by atoms with Crippen molar-refractivity contribution in [1.29, 1.82) is 0 Å². The normalized spacial score (nSPS) is 12.5. The van der Waals surface area contributed by atoms with E-state index in [0.717, 1.165) is 4.47 Å². The highest BCUT2D eigenvalue weighted by Gasteiger charge is 2.14. The van der Waals surface area contributed by atoms with Gasteiger partial charge in [-0.2, -0.15) is 18.4 Å². The van der Waals surface area contributed by atoms with Crippen molar-refractivity contribution in [2.45, 2.75) is 11.8 Å². The monoisotopic (exact) mass is 393 g/mol. The molecule has 6 nitrogen and oxygen atoms in total. The Morgan fingerprint density at radius 3 is 2.57 bits per heavy atom. The average Bonchev–Trinajstić information content (AvgIpc) is 2.97. The lowest BCUT2D eigenvalue weighted by Gasteiger charge is -2.04. The molecule has 8 heteroatoms. The molecule has 0 aliphatic heterocycles. The van der Waals surface area contributed by atoms with Gasteiger partial charge in [0.15, 0.2) is 5.58 Å². The van der Waals surface area contributed by atoms with Crippen molar-refractivity contribution in [2.24, 2.45) is 5.10 Å². The zero-order valence-corrected chi connectivity index (χ0v) is 14.4. The van der Waals surface area contributed by atoms with Gasteiger partial charge in [0.1, 0.15) is 11.2 Å². The number of rotatable bonds is 4. The van der Waals surface area contributed by atoms with Gasteiger partial charge in [-0.3, -0.25) is 0 Å². The number of fused-ring (bicyclic) bond motifs is 1. The molecule has 0 atom stereocenters. The predicted molar refractivity (Wildman–Crippen MR) is 90.7 cm³/mol. The molecule has 0 spiro atoms. The zero-order valence-electron chi connectivity index (χ0n) is 12.0. The lowest BCUT2D eigenvalue weighted by molar-refractivity contribution is 0.581. The minimum absolute atomic E-state index is 0.120. The van der Waals surface area contributed by atoms with Crippen molar-refractivity contribution < 1.29 is 12.8 Å². The number of oxazole rings is 1. The molecule has 0 amide bonds. The number of nitrogens with zero attached hydrogens (tertiary/aromatic N) is 2. The van der Waals surface area contributed by atoms with Gasteiger partial charge in [0, 0.05) is 4.47 Å². The second-order valence-corrected chi connectivity index (χ2v) is 7.31. The summed E-state index contributed by atoms with van der Waals surface area (Å²) < 4.78 is 30.7. The van der Waals surface area contributed by atoms with E-state index in [1.54, 1.807) is 25.1 Å². The maximum atomic E-state index is 12.2. The van der Waals surface area contributed by atoms with Crippen LogP contribution >= 0.6 is 15.9 Å². The number of hydrogen-bond donors (Lipinski definition) is 1. The first-order valence-electron chi connectivity index (χ1n) is 6.63. The summed E-state index contributed by atoms with van der Waals surface area (Å²) in [5.74, 6) is 0.268. The molecule has 0 saturated heterocycles. The molecule has 2 aromatic carbocycles. The number of benzene rings is 2. The first-order chi connectivity index (χ1) is 11.0. The Balaban J connectivity index is 1.84. The summed E-state index contributed by atoms with van der Waals surface area (Å²) in [6, 6.07) is 13.5. The number of aromatic nitrogens is 1. The van der Waals surface area contributed by atoms with Gasteiger partial charge in [0.2, 0.25) is 5.89 Å². The maximum absolute atomic E-state index is 12.2. The van der Waals surface area contributed by atoms with Crippen molar-refractivity contribution in [3.63, 3.8) is 0 Å². The van der Waals surface area contributed by atoms with Crippen LogP contribution in [0.4, 0.5) is 0 Å². The Labute approximate surface area is 141 Å². The van der Waals surface area contributed by atoms with Crippen LogP contribution < -0.4 is 4.83 Å². The minimum Gasteiger partial charge on any atom is -0.435 e. The molecule has 0 aliphatic rings. The van der Waals surface area contributed by atoms with Crippen LogP contribution in [0, 0.1) is 0 Å². The molecule has 3 aromatic rings. The van der Waals surface area contributed by atoms with Gasteiger partial charge in [-0.1, -0.05) is 28.1 Å². The van der Waals surface area contributed by atoms with Gasteiger partial charge < -0.3 is 4.42 Å². The molecule has 1 N–H and O–H groups in total. The van der Waals surface area contributed by atoms with E-state index in [1.165, 1.54) is 12.1 Å². The van der Waals surface area contributed by atoms with E-state index >= 15 is 0 Å². The number of hydrogen-bond acceptors (Lipinski definition) is 5. The number of nitrogens with one attached hydrogen (secondary N) is 1. The standard InChI is InChI=1S/C15H12BrN3O3S/c1-10(15-17-13-4-2-3-5-14(13)22-15)18-19-23(20,21)12-8-6-11(16)7-9-12/h2-9,19H,1H3/b18-10+. The molecule has 0 saturated carbocycles. The molecule has 23 heavy (non-hydrogen) atoms. The van der Waals surface area contributed by atoms with Crippen LogP contribution in [0.5, 0.6) is 0 Å². The number of hydrazone groups is 1. The average molecular weight is 394 g/mol. The van der Waals surface area contributed by atoms with Crippen LogP contribution in [0.15, 0.2) is 67.4 Å². The highest BCUT2D eigenvalue weighted by atomic mass is 79.9. The van der Waals surface area contributed by atoms with E-state index < -0.39 is 10.0 Å². The van der Waals surface area contributed by atoms with E-state index in [4.69, 9.17) is 4.42 Å². The summed E-state index contributed by atoms with van der Waals surface area (Å²) >= 11 is 3.26. The van der Waals surface area contributed by atoms with Gasteiger partial charge >= 0.3 is 0 Å². The van der Waals surface area contributed by atoms with Crippen molar-refractivity contribution >= 4 is 42.8 Å². The third kappa shape index (κ3) is 3.43. The van der Waals surface area contributed by atoms with Crippen molar-refractivity contribution in [3.05, 3.63) is 58.9 Å². The summed E-state index contributed by atoms with van der Waals surface area (Å²) in [4.78, 5) is 6.56. The summed E-state index contributed by atoms with van der Waals surface area (Å²) in [6.45, 7) is 1.62. The first-order valence-corrected chi connectivity index (χ1v) is 8.91. The van der Waals surface area contributed by atoms with Gasteiger partial charge in [-0.15, -0.1) is 0 Å². The smallest absolute Gasteiger partial charge is 0.276 e. The summed E-state index contributed by atoms with van der Waals surface area (Å²) in [5, 5.41) is 3.87. The second kappa shape index (κ2) is 6.13. The van der Waals surface area contributed by atoms with Gasteiger partial charge in [0.05, 0.1) is 4.90 Å². The number of halogens is 1. The largest absolute Gasteiger partial charge is 0.435 e. The predicted octanol–water partition coefficient (Wildman–Crippen LogP) is 3.29. The highest BCUT2D eigenvalue weighted by molar-refractivity contribution is 9.10. The molecule has 0 bridgehead atoms. The fourth-order valence-corrected chi connectivity index (χ4v) is 2.99. The fraction of sp³-hybridized carbons (Fsp3) is 0.0667. The molecule has 1 aromatic heterocycles. The van der Waals surface area contributed by atoms with Gasteiger partial charge in [-0.05, 0) is 43.3 Å². The molecule has 1 heterocycles. The third-order valence-corrected chi connectivity index (χ3v) is 4.81. The summed E-state index contributed by atoms with van der Waals surface area (Å²) in [5.41, 5.74) is 1.64. The molecule has 118 valence electrons. The highest BCUT2D eigenvalue weighted by Crippen LogP contribution is 2.16. The van der Waals surface area contributed by atoms with Crippen LogP contribution in [-0.4, -0.2) is 19.1 Å². The van der Waals surface area contributed by atoms with Crippen LogP contribution in [0.2, 0.25) is 0 Å². The van der Waals surface area contributed by atoms with Crippen LogP contribution in [0.1, 0.15) is 12.8 Å². The van der Waals surface area contributed by atoms with E-state index in [1.807, 2.05) is 18.2 Å². The molecule has 0 unspecified atom stereocenters. The molecular formula is C15H12BrN3O3S. The summed E-state index contributed by atoms with van der Waals surface area (Å²) in [6.07, 6.45) is 0. The quantitative estimate of drug-likeness (QED) is 0.544. The minimum atomic E-state index is -3.74. The Morgan fingerprint density at radius 2 is 1.87 bits per heavy atom. The van der Waals surface area contributed by atoms with Gasteiger partial charge in [0.25, 0.3) is 10.0 Å². The fourth-order valence-electron chi connectivity index (χ4n) is 1.87. The molecule has 0 aliphatic carbocycles. The Kier molecular flexibility index (Phi) is 4.18. The molecule has 0 fully saturated rings. The van der Waals surface area contributed by atoms with Crippen LogP contribution in [0.3, 0.4) is 0 Å². The van der Waals surface area contributed by atoms with Gasteiger partial charge in [-0.25, -0.2) is 4.98 Å². The lowest BCUT2D eigenvalue weighted by Crippen LogP contribution is -2.20. The Morgan fingerprint density at radius 1 is 1.17 bits per heavy atom. The number of sulfonamides is 1.